The van der Waals surface area contributed by atoms with Crippen LogP contribution < -0.4 is 9.62 Å². The number of benzene rings is 4. The maximum absolute atomic E-state index is 14.2. The van der Waals surface area contributed by atoms with Crippen LogP contribution in [-0.2, 0) is 51.6 Å². The maximum atomic E-state index is 14.2. The van der Waals surface area contributed by atoms with E-state index >= 15 is 0 Å². The number of hydrogen-bond donors (Lipinski definition) is 1. The molecule has 0 saturated carbocycles. The largest absolute Gasteiger partial charge is 0.465 e. The number of amides is 1. The summed E-state index contributed by atoms with van der Waals surface area (Å²) in [6, 6.07) is 27.0. The minimum absolute atomic E-state index is 0.0518. The Hall–Kier alpha value is -5.59. The van der Waals surface area contributed by atoms with Crippen molar-refractivity contribution in [2.45, 2.75) is 83.1 Å². The molecule has 0 radical (unpaired) electrons. The highest BCUT2D eigenvalue weighted by Crippen LogP contribution is 2.36. The Labute approximate surface area is 344 Å². The van der Waals surface area contributed by atoms with E-state index in [4.69, 9.17) is 9.47 Å². The van der Waals surface area contributed by atoms with E-state index in [1.807, 2.05) is 36.4 Å². The zero-order chi connectivity index (χ0) is 41.4. The van der Waals surface area contributed by atoms with Crippen LogP contribution in [0.3, 0.4) is 0 Å². The Morgan fingerprint density at radius 1 is 0.793 bits per heavy atom. The van der Waals surface area contributed by atoms with Gasteiger partial charge in [0.15, 0.2) is 5.78 Å². The first-order valence-electron chi connectivity index (χ1n) is 19.6. The molecule has 302 valence electrons. The van der Waals surface area contributed by atoms with Crippen LogP contribution >= 0.6 is 11.3 Å². The van der Waals surface area contributed by atoms with Crippen LogP contribution in [0.15, 0.2) is 102 Å². The van der Waals surface area contributed by atoms with Gasteiger partial charge in [0.1, 0.15) is 0 Å². The van der Waals surface area contributed by atoms with Gasteiger partial charge in [0.25, 0.3) is 15.9 Å². The molecule has 12 heteroatoms. The van der Waals surface area contributed by atoms with E-state index in [0.717, 1.165) is 66.5 Å². The zero-order valence-electron chi connectivity index (χ0n) is 33.2. The number of ether oxygens (including phenoxy) is 2. The molecule has 0 aliphatic heterocycles. The quantitative estimate of drug-likeness (QED) is 0.0770. The first-order valence-corrected chi connectivity index (χ1v) is 21.8. The number of aryl methyl sites for hydroxylation is 3. The number of esters is 2. The molecule has 5 aromatic rings. The number of sulfonamides is 1. The Morgan fingerprint density at radius 3 is 2.12 bits per heavy atom. The van der Waals surface area contributed by atoms with Crippen LogP contribution in [0.25, 0.3) is 0 Å². The zero-order valence-corrected chi connectivity index (χ0v) is 34.8. The fourth-order valence-corrected chi connectivity index (χ4v) is 10.4. The number of hydrogen-bond acceptors (Lipinski definition) is 9. The highest BCUT2D eigenvalue weighted by molar-refractivity contribution is 7.92. The summed E-state index contributed by atoms with van der Waals surface area (Å²) in [6.07, 6.45) is 6.12. The fourth-order valence-electron chi connectivity index (χ4n) is 7.27. The Morgan fingerprint density at radius 2 is 1.45 bits per heavy atom. The van der Waals surface area contributed by atoms with Crippen molar-refractivity contribution in [2.24, 2.45) is 0 Å². The average molecular weight is 821 g/mol. The van der Waals surface area contributed by atoms with E-state index in [1.165, 1.54) is 41.0 Å². The van der Waals surface area contributed by atoms with Gasteiger partial charge >= 0.3 is 11.9 Å². The lowest BCUT2D eigenvalue weighted by Crippen LogP contribution is -2.37. The average Bonchev–Trinajstić information content (AvgIpc) is 3.59. The minimum atomic E-state index is -4.17. The monoisotopic (exact) mass is 820 g/mol. The Bertz CT molecular complexity index is 2400. The number of carbonyl (C=O) groups is 4. The van der Waals surface area contributed by atoms with Crippen molar-refractivity contribution in [3.8, 4) is 0 Å². The number of fused-ring (bicyclic) bond motifs is 1. The Balaban J connectivity index is 1.16. The lowest BCUT2D eigenvalue weighted by molar-refractivity contribution is 0.0525. The molecule has 0 unspecified atom stereocenters. The molecule has 6 rings (SSSR count). The molecular weight excluding hydrogens is 773 g/mol. The van der Waals surface area contributed by atoms with Crippen LogP contribution in [0.1, 0.15) is 108 Å². The van der Waals surface area contributed by atoms with Gasteiger partial charge in [0.2, 0.25) is 0 Å². The van der Waals surface area contributed by atoms with Crippen LogP contribution in [-0.4, -0.2) is 51.8 Å². The molecule has 0 spiro atoms. The third-order valence-electron chi connectivity index (χ3n) is 10.1. The van der Waals surface area contributed by atoms with Gasteiger partial charge < -0.3 is 14.8 Å². The molecule has 1 amide bonds. The van der Waals surface area contributed by atoms with E-state index in [1.54, 1.807) is 63.2 Å². The predicted molar refractivity (Wildman–Crippen MR) is 227 cm³/mol. The summed E-state index contributed by atoms with van der Waals surface area (Å²) in [5.74, 6) is -1.47. The van der Waals surface area contributed by atoms with Crippen molar-refractivity contribution >= 4 is 56.4 Å². The molecule has 0 saturated heterocycles. The first-order chi connectivity index (χ1) is 27.9. The van der Waals surface area contributed by atoms with E-state index in [0.29, 0.717) is 27.4 Å². The summed E-state index contributed by atoms with van der Waals surface area (Å²) < 4.78 is 39.5. The van der Waals surface area contributed by atoms with Crippen molar-refractivity contribution in [3.63, 3.8) is 0 Å². The van der Waals surface area contributed by atoms with Crippen LogP contribution in [0, 0.1) is 0 Å². The SMILES string of the molecule is CCOC(=O)c1cccc(N(C(C)C)S(=O)(=O)c2cccc(C(=O)Cc3sc4c(c3C(=O)Nc3ccc(CCCc5ccc(C(=O)OC)cc5)cc3)CCCC4)c2)c1. The molecule has 0 bridgehead atoms. The van der Waals surface area contributed by atoms with Gasteiger partial charge in [0.05, 0.1) is 41.0 Å². The third kappa shape index (κ3) is 9.74. The van der Waals surface area contributed by atoms with Crippen molar-refractivity contribution in [1.29, 1.82) is 0 Å². The van der Waals surface area contributed by atoms with Crippen molar-refractivity contribution in [1.82, 2.24) is 0 Å². The molecule has 1 heterocycles. The molecule has 1 aliphatic rings. The van der Waals surface area contributed by atoms with Gasteiger partial charge in [0, 0.05) is 33.5 Å². The van der Waals surface area contributed by atoms with Crippen molar-refractivity contribution in [2.75, 3.05) is 23.3 Å². The summed E-state index contributed by atoms with van der Waals surface area (Å²) in [5.41, 5.74) is 5.72. The summed E-state index contributed by atoms with van der Waals surface area (Å²) in [6.45, 7) is 5.36. The van der Waals surface area contributed by atoms with Crippen LogP contribution in [0.5, 0.6) is 0 Å². The molecule has 0 fully saturated rings. The number of thiophene rings is 1. The molecular formula is C46H48N2O8S2. The number of nitrogens with zero attached hydrogens (tertiary/aromatic N) is 1. The molecule has 1 N–H and O–H groups in total. The van der Waals surface area contributed by atoms with Gasteiger partial charge in [-0.05, 0) is 137 Å². The molecule has 1 aromatic heterocycles. The minimum Gasteiger partial charge on any atom is -0.465 e. The lowest BCUT2D eigenvalue weighted by Gasteiger charge is -2.28. The summed E-state index contributed by atoms with van der Waals surface area (Å²) in [7, 11) is -2.80. The highest BCUT2D eigenvalue weighted by Gasteiger charge is 2.30. The van der Waals surface area contributed by atoms with E-state index in [2.05, 4.69) is 5.32 Å². The predicted octanol–water partition coefficient (Wildman–Crippen LogP) is 9.05. The lowest BCUT2D eigenvalue weighted by atomic mass is 9.93. The summed E-state index contributed by atoms with van der Waals surface area (Å²) in [4.78, 5) is 53.8. The number of nitrogens with one attached hydrogen (secondary N) is 1. The smallest absolute Gasteiger partial charge is 0.338 e. The second-order valence-electron chi connectivity index (χ2n) is 14.5. The van der Waals surface area contributed by atoms with Crippen LogP contribution in [0.4, 0.5) is 11.4 Å². The summed E-state index contributed by atoms with van der Waals surface area (Å²) >= 11 is 1.49. The molecule has 4 aromatic carbocycles. The molecule has 58 heavy (non-hydrogen) atoms. The number of anilines is 2. The normalized spacial score (nSPS) is 12.4. The second-order valence-corrected chi connectivity index (χ2v) is 17.5. The fraction of sp³-hybridized carbons (Fsp3) is 0.304. The first kappa shape index (κ1) is 42.0. The van der Waals surface area contributed by atoms with Gasteiger partial charge in [-0.25, -0.2) is 18.0 Å². The van der Waals surface area contributed by atoms with Crippen molar-refractivity contribution in [3.05, 3.63) is 146 Å². The second kappa shape index (κ2) is 18.8. The number of rotatable bonds is 16. The van der Waals surface area contributed by atoms with Gasteiger partial charge in [-0.3, -0.25) is 13.9 Å². The highest BCUT2D eigenvalue weighted by atomic mass is 32.2. The Kier molecular flexibility index (Phi) is 13.6. The van der Waals surface area contributed by atoms with Crippen molar-refractivity contribution < 1.29 is 37.1 Å². The molecule has 10 nitrogen and oxygen atoms in total. The van der Waals surface area contributed by atoms with Crippen LogP contribution in [0.2, 0.25) is 0 Å². The third-order valence-corrected chi connectivity index (χ3v) is 13.4. The number of methoxy groups -OCH3 is 1. The van der Waals surface area contributed by atoms with Gasteiger partial charge in [-0.15, -0.1) is 11.3 Å². The van der Waals surface area contributed by atoms with E-state index < -0.39 is 22.0 Å². The van der Waals surface area contributed by atoms with Gasteiger partial charge in [-0.2, -0.15) is 0 Å². The maximum Gasteiger partial charge on any atom is 0.338 e. The topological polar surface area (TPSA) is 136 Å². The van der Waals surface area contributed by atoms with E-state index in [-0.39, 0.29) is 46.7 Å². The van der Waals surface area contributed by atoms with E-state index in [9.17, 15) is 27.6 Å². The standard InChI is InChI=1S/C46H48N2O8S2/c1-5-56-46(52)35-14-9-15-37(27-35)48(30(2)3)58(53,54)38-16-10-13-34(28-38)40(49)29-42-43(39-17-6-7-18-41(39)57-42)44(50)47-36-25-21-32(22-26-36)12-8-11-31-19-23-33(24-20-31)45(51)55-4/h9-10,13-16,19-28,30H,5-8,11-12,17-18,29H2,1-4H3,(H,47,50). The molecule has 1 aliphatic carbocycles. The summed E-state index contributed by atoms with van der Waals surface area (Å²) in [5, 5.41) is 3.07. The molecule has 0 atom stereocenters. The van der Waals surface area contributed by atoms with Gasteiger partial charge in [-0.1, -0.05) is 42.5 Å². The number of Topliss-reactive ketones (excluding diaryl/α,β-unsaturated/α-hetero) is 1. The number of carbonyl (C=O) groups excluding carboxylic acids is 4. The number of ketones is 1.